The summed E-state index contributed by atoms with van der Waals surface area (Å²) < 4.78 is 5.07. The lowest BCUT2D eigenvalue weighted by Crippen LogP contribution is -2.40. The highest BCUT2D eigenvalue weighted by Crippen LogP contribution is 2.21. The first kappa shape index (κ1) is 19.1. The van der Waals surface area contributed by atoms with Gasteiger partial charge < -0.3 is 15.0 Å². The van der Waals surface area contributed by atoms with E-state index in [-0.39, 0.29) is 18.4 Å². The molecule has 2 amide bonds. The Kier molecular flexibility index (Phi) is 6.66. The Balaban J connectivity index is 2.10. The lowest BCUT2D eigenvalue weighted by molar-refractivity contribution is -0.117. The lowest BCUT2D eigenvalue weighted by Gasteiger charge is -2.22. The van der Waals surface area contributed by atoms with E-state index in [9.17, 15) is 9.59 Å². The molecule has 6 nitrogen and oxygen atoms in total. The van der Waals surface area contributed by atoms with Gasteiger partial charge in [-0.15, -0.1) is 11.3 Å². The van der Waals surface area contributed by atoms with Crippen molar-refractivity contribution in [3.63, 3.8) is 0 Å². The van der Waals surface area contributed by atoms with Gasteiger partial charge in [-0.1, -0.05) is 18.2 Å². The SMILES string of the molecule is COCCN(CC(=O)Nc1nc(C)c(C)s1)C(=O)c1ccccc1C. The number of nitrogens with one attached hydrogen (secondary N) is 1. The highest BCUT2D eigenvalue weighted by molar-refractivity contribution is 7.15. The third-order valence-corrected chi connectivity index (χ3v) is 4.83. The Labute approximate surface area is 151 Å². The van der Waals surface area contributed by atoms with Gasteiger partial charge in [-0.2, -0.15) is 0 Å². The van der Waals surface area contributed by atoms with Crippen molar-refractivity contribution in [2.75, 3.05) is 32.1 Å². The van der Waals surface area contributed by atoms with Crippen molar-refractivity contribution in [2.24, 2.45) is 0 Å². The van der Waals surface area contributed by atoms with Crippen LogP contribution in [0, 0.1) is 20.8 Å². The zero-order valence-electron chi connectivity index (χ0n) is 15.0. The fourth-order valence-corrected chi connectivity index (χ4v) is 3.13. The summed E-state index contributed by atoms with van der Waals surface area (Å²) in [7, 11) is 1.57. The molecule has 1 aromatic heterocycles. The number of amides is 2. The summed E-state index contributed by atoms with van der Waals surface area (Å²) in [6.07, 6.45) is 0. The Hall–Kier alpha value is -2.25. The van der Waals surface area contributed by atoms with E-state index in [1.165, 1.54) is 16.2 Å². The molecule has 7 heteroatoms. The minimum absolute atomic E-state index is 0.0474. The Morgan fingerprint density at radius 3 is 2.56 bits per heavy atom. The van der Waals surface area contributed by atoms with Crippen LogP contribution < -0.4 is 5.32 Å². The van der Waals surface area contributed by atoms with Crippen LogP contribution in [0.2, 0.25) is 0 Å². The largest absolute Gasteiger partial charge is 0.383 e. The van der Waals surface area contributed by atoms with Crippen LogP contribution in [0.5, 0.6) is 0 Å². The number of aryl methyl sites for hydroxylation is 3. The number of ether oxygens (including phenoxy) is 1. The van der Waals surface area contributed by atoms with Crippen molar-refractivity contribution >= 4 is 28.3 Å². The first-order chi connectivity index (χ1) is 11.9. The predicted molar refractivity (Wildman–Crippen MR) is 99.2 cm³/mol. The topological polar surface area (TPSA) is 71.5 Å². The molecule has 1 aromatic carbocycles. The van der Waals surface area contributed by atoms with Crippen LogP contribution in [-0.2, 0) is 9.53 Å². The van der Waals surface area contributed by atoms with Crippen molar-refractivity contribution in [3.8, 4) is 0 Å². The van der Waals surface area contributed by atoms with Gasteiger partial charge >= 0.3 is 0 Å². The number of methoxy groups -OCH3 is 1. The number of benzene rings is 1. The molecule has 0 aliphatic carbocycles. The summed E-state index contributed by atoms with van der Waals surface area (Å²) in [4.78, 5) is 32.0. The molecule has 1 heterocycles. The summed E-state index contributed by atoms with van der Waals surface area (Å²) in [5.41, 5.74) is 2.36. The molecule has 0 saturated heterocycles. The van der Waals surface area contributed by atoms with Gasteiger partial charge in [0.25, 0.3) is 5.91 Å². The monoisotopic (exact) mass is 361 g/mol. The van der Waals surface area contributed by atoms with Crippen LogP contribution in [0.1, 0.15) is 26.5 Å². The Bertz CT molecular complexity index is 738. The highest BCUT2D eigenvalue weighted by atomic mass is 32.1. The molecule has 0 aliphatic heterocycles. The zero-order valence-corrected chi connectivity index (χ0v) is 15.8. The van der Waals surface area contributed by atoms with E-state index < -0.39 is 0 Å². The van der Waals surface area contributed by atoms with Crippen molar-refractivity contribution in [1.29, 1.82) is 0 Å². The van der Waals surface area contributed by atoms with E-state index in [4.69, 9.17) is 4.74 Å². The fraction of sp³-hybridized carbons (Fsp3) is 0.389. The van der Waals surface area contributed by atoms with Gasteiger partial charge in [0.05, 0.1) is 12.3 Å². The highest BCUT2D eigenvalue weighted by Gasteiger charge is 2.20. The number of thiazole rings is 1. The number of nitrogens with zero attached hydrogens (tertiary/aromatic N) is 2. The van der Waals surface area contributed by atoms with Crippen LogP contribution in [0.4, 0.5) is 5.13 Å². The fourth-order valence-electron chi connectivity index (χ4n) is 2.30. The molecule has 2 rings (SSSR count). The summed E-state index contributed by atoms with van der Waals surface area (Å²) in [5, 5.41) is 3.32. The molecule has 0 bridgehead atoms. The average molecular weight is 361 g/mol. The van der Waals surface area contributed by atoms with Crippen molar-refractivity contribution < 1.29 is 14.3 Å². The molecule has 0 spiro atoms. The van der Waals surface area contributed by atoms with Gasteiger partial charge in [-0.25, -0.2) is 4.98 Å². The molecule has 0 atom stereocenters. The van der Waals surface area contributed by atoms with Crippen molar-refractivity contribution in [1.82, 2.24) is 9.88 Å². The predicted octanol–water partition coefficient (Wildman–Crippen LogP) is 2.80. The maximum Gasteiger partial charge on any atom is 0.254 e. The van der Waals surface area contributed by atoms with Gasteiger partial charge in [-0.3, -0.25) is 9.59 Å². The number of carbonyl (C=O) groups excluding carboxylic acids is 2. The van der Waals surface area contributed by atoms with E-state index in [1.54, 1.807) is 13.2 Å². The second-order valence-corrected chi connectivity index (χ2v) is 6.95. The molecule has 0 radical (unpaired) electrons. The van der Waals surface area contributed by atoms with Crippen LogP contribution in [0.25, 0.3) is 0 Å². The first-order valence-electron chi connectivity index (χ1n) is 8.00. The normalized spacial score (nSPS) is 10.6. The van der Waals surface area contributed by atoms with E-state index in [2.05, 4.69) is 10.3 Å². The van der Waals surface area contributed by atoms with E-state index in [0.29, 0.717) is 23.8 Å². The first-order valence-corrected chi connectivity index (χ1v) is 8.81. The average Bonchev–Trinajstić information content (AvgIpc) is 2.88. The van der Waals surface area contributed by atoms with Gasteiger partial charge in [0.15, 0.2) is 5.13 Å². The molecule has 2 aromatic rings. The number of anilines is 1. The lowest BCUT2D eigenvalue weighted by atomic mass is 10.1. The second-order valence-electron chi connectivity index (χ2n) is 5.74. The van der Waals surface area contributed by atoms with Crippen LogP contribution >= 0.6 is 11.3 Å². The van der Waals surface area contributed by atoms with E-state index in [1.807, 2.05) is 39.0 Å². The molecule has 0 unspecified atom stereocenters. The maximum atomic E-state index is 12.8. The Morgan fingerprint density at radius 1 is 1.24 bits per heavy atom. The third-order valence-electron chi connectivity index (χ3n) is 3.84. The standard InChI is InChI=1S/C18H23N3O3S/c1-12-7-5-6-8-15(12)17(23)21(9-10-24-4)11-16(22)20-18-19-13(2)14(3)25-18/h5-8H,9-11H2,1-4H3,(H,19,20,22). The molecular weight excluding hydrogens is 338 g/mol. The summed E-state index contributed by atoms with van der Waals surface area (Å²) >= 11 is 1.42. The van der Waals surface area contributed by atoms with Gasteiger partial charge in [0.1, 0.15) is 6.54 Å². The van der Waals surface area contributed by atoms with Gasteiger partial charge in [-0.05, 0) is 32.4 Å². The molecule has 134 valence electrons. The van der Waals surface area contributed by atoms with Crippen LogP contribution in [0.15, 0.2) is 24.3 Å². The molecule has 25 heavy (non-hydrogen) atoms. The van der Waals surface area contributed by atoms with Crippen molar-refractivity contribution in [2.45, 2.75) is 20.8 Å². The molecule has 0 aliphatic rings. The van der Waals surface area contributed by atoms with Crippen molar-refractivity contribution in [3.05, 3.63) is 46.0 Å². The van der Waals surface area contributed by atoms with Crippen LogP contribution in [0.3, 0.4) is 0 Å². The summed E-state index contributed by atoms with van der Waals surface area (Å²) in [6.45, 7) is 6.38. The minimum atomic E-state index is -0.271. The molecular formula is C18H23N3O3S. The maximum absolute atomic E-state index is 12.8. The number of hydrogen-bond donors (Lipinski definition) is 1. The number of hydrogen-bond acceptors (Lipinski definition) is 5. The molecule has 0 saturated carbocycles. The zero-order chi connectivity index (χ0) is 18.4. The van der Waals surface area contributed by atoms with Gasteiger partial charge in [0, 0.05) is 24.1 Å². The van der Waals surface area contributed by atoms with E-state index >= 15 is 0 Å². The quantitative estimate of drug-likeness (QED) is 0.823. The number of rotatable bonds is 7. The number of aromatic nitrogens is 1. The minimum Gasteiger partial charge on any atom is -0.383 e. The van der Waals surface area contributed by atoms with Crippen LogP contribution in [-0.4, -0.2) is 48.5 Å². The summed E-state index contributed by atoms with van der Waals surface area (Å²) in [5.74, 6) is -0.455. The third kappa shape index (κ3) is 5.11. The smallest absolute Gasteiger partial charge is 0.254 e. The Morgan fingerprint density at radius 2 is 1.96 bits per heavy atom. The summed E-state index contributed by atoms with van der Waals surface area (Å²) in [6, 6.07) is 7.34. The van der Waals surface area contributed by atoms with Gasteiger partial charge in [0.2, 0.25) is 5.91 Å². The second kappa shape index (κ2) is 8.73. The van der Waals surface area contributed by atoms with E-state index in [0.717, 1.165) is 16.1 Å². The number of carbonyl (C=O) groups is 2. The molecule has 0 fully saturated rings. The molecule has 1 N–H and O–H groups in total.